The molecule has 0 saturated carbocycles. The molecule has 0 spiro atoms. The fourth-order valence-corrected chi connectivity index (χ4v) is 2.88. The molecule has 0 aliphatic rings. The summed E-state index contributed by atoms with van der Waals surface area (Å²) < 4.78 is 3.61. The molecule has 104 valence electrons. The van der Waals surface area contributed by atoms with E-state index >= 15 is 0 Å². The van der Waals surface area contributed by atoms with Crippen molar-refractivity contribution in [2.75, 3.05) is 0 Å². The highest BCUT2D eigenvalue weighted by Gasteiger charge is 2.15. The van der Waals surface area contributed by atoms with Gasteiger partial charge in [0.25, 0.3) is 0 Å². The molecule has 0 bridgehead atoms. The van der Waals surface area contributed by atoms with E-state index in [2.05, 4.69) is 25.4 Å². The molecule has 0 saturated heterocycles. The largest absolute Gasteiger partial charge is 0.272 e. The van der Waals surface area contributed by atoms with Gasteiger partial charge in [0.1, 0.15) is 5.01 Å². The average Bonchev–Trinajstić information content (AvgIpc) is 3.22. The Kier molecular flexibility index (Phi) is 2.74. The summed E-state index contributed by atoms with van der Waals surface area (Å²) >= 11 is 1.49. The first-order valence-corrected chi connectivity index (χ1v) is 7.32. The summed E-state index contributed by atoms with van der Waals surface area (Å²) in [5.41, 5.74) is 1.88. The third-order valence-electron chi connectivity index (χ3n) is 3.11. The van der Waals surface area contributed by atoms with Crippen molar-refractivity contribution in [2.45, 2.75) is 13.5 Å². The third kappa shape index (κ3) is 2.00. The first-order chi connectivity index (χ1) is 10.3. The van der Waals surface area contributed by atoms with Gasteiger partial charge in [-0.2, -0.15) is 14.7 Å². The van der Waals surface area contributed by atoms with E-state index in [9.17, 15) is 0 Å². The zero-order valence-corrected chi connectivity index (χ0v) is 12.0. The summed E-state index contributed by atoms with van der Waals surface area (Å²) in [6.07, 6.45) is 7.26. The van der Waals surface area contributed by atoms with Crippen LogP contribution >= 0.6 is 11.3 Å². The lowest BCUT2D eigenvalue weighted by Crippen LogP contribution is -1.93. The molecule has 0 radical (unpaired) electrons. The van der Waals surface area contributed by atoms with Crippen LogP contribution < -0.4 is 0 Å². The minimum absolute atomic E-state index is 0.705. The Morgan fingerprint density at radius 2 is 2.14 bits per heavy atom. The summed E-state index contributed by atoms with van der Waals surface area (Å²) in [5, 5.41) is 18.1. The fraction of sp³-hybridized carbons (Fsp3) is 0.154. The van der Waals surface area contributed by atoms with Crippen molar-refractivity contribution in [3.63, 3.8) is 0 Å². The smallest absolute Gasteiger partial charge is 0.235 e. The van der Waals surface area contributed by atoms with E-state index in [-0.39, 0.29) is 0 Å². The average molecular weight is 297 g/mol. The molecule has 0 aliphatic carbocycles. The van der Waals surface area contributed by atoms with Crippen molar-refractivity contribution >= 4 is 16.3 Å². The molecule has 0 aromatic carbocycles. The van der Waals surface area contributed by atoms with Gasteiger partial charge in [-0.05, 0) is 19.1 Å². The summed E-state index contributed by atoms with van der Waals surface area (Å²) in [6.45, 7) is 2.86. The van der Waals surface area contributed by atoms with Crippen LogP contribution in [0.5, 0.6) is 0 Å². The quantitative estimate of drug-likeness (QED) is 0.579. The molecule has 7 nitrogen and oxygen atoms in total. The van der Waals surface area contributed by atoms with Gasteiger partial charge >= 0.3 is 0 Å². The Labute approximate surface area is 123 Å². The van der Waals surface area contributed by atoms with Crippen molar-refractivity contribution < 1.29 is 0 Å². The summed E-state index contributed by atoms with van der Waals surface area (Å²) in [6, 6.07) is 3.87. The minimum Gasteiger partial charge on any atom is -0.272 e. The van der Waals surface area contributed by atoms with Crippen LogP contribution in [-0.4, -0.2) is 34.6 Å². The van der Waals surface area contributed by atoms with Crippen LogP contribution in [0.4, 0.5) is 0 Å². The maximum atomic E-state index is 4.59. The number of aryl methyl sites for hydroxylation is 1. The lowest BCUT2D eigenvalue weighted by Gasteiger charge is -1.93. The molecule has 21 heavy (non-hydrogen) atoms. The molecule has 0 atom stereocenters. The molecule has 8 heteroatoms. The molecule has 0 N–H and O–H groups in total. The minimum atomic E-state index is 0.705. The van der Waals surface area contributed by atoms with Gasteiger partial charge in [0, 0.05) is 30.7 Å². The van der Waals surface area contributed by atoms with E-state index < -0.39 is 0 Å². The highest BCUT2D eigenvalue weighted by molar-refractivity contribution is 7.19. The molecular weight excluding hydrogens is 286 g/mol. The van der Waals surface area contributed by atoms with Crippen molar-refractivity contribution in [2.24, 2.45) is 0 Å². The van der Waals surface area contributed by atoms with Gasteiger partial charge in [0.15, 0.2) is 5.82 Å². The fourth-order valence-electron chi connectivity index (χ4n) is 2.05. The van der Waals surface area contributed by atoms with Crippen LogP contribution in [0.3, 0.4) is 0 Å². The Morgan fingerprint density at radius 1 is 1.19 bits per heavy atom. The molecule has 4 aromatic heterocycles. The van der Waals surface area contributed by atoms with E-state index in [1.165, 1.54) is 11.3 Å². The molecule has 4 aromatic rings. The zero-order valence-electron chi connectivity index (χ0n) is 11.2. The Balaban J connectivity index is 1.83. The second-order valence-electron chi connectivity index (χ2n) is 4.45. The Morgan fingerprint density at radius 3 is 2.90 bits per heavy atom. The number of pyridine rings is 1. The summed E-state index contributed by atoms with van der Waals surface area (Å²) in [4.78, 5) is 4.88. The van der Waals surface area contributed by atoms with Crippen molar-refractivity contribution in [3.05, 3.63) is 36.9 Å². The second-order valence-corrected chi connectivity index (χ2v) is 5.41. The molecule has 0 unspecified atom stereocenters. The number of hydrogen-bond acceptors (Lipinski definition) is 6. The third-order valence-corrected chi connectivity index (χ3v) is 4.06. The Hall–Kier alpha value is -2.61. The molecule has 0 aliphatic heterocycles. The second kappa shape index (κ2) is 4.74. The Bertz CT molecular complexity index is 890. The standard InChI is InChI=1S/C13H11N7S/c1-2-19-8-10(7-15-19)11-16-17-13-20(11)18-12(21-13)9-4-3-5-14-6-9/h3-8H,2H2,1H3. The van der Waals surface area contributed by atoms with Crippen LogP contribution in [0.25, 0.3) is 26.9 Å². The molecule has 0 amide bonds. The van der Waals surface area contributed by atoms with Crippen LogP contribution in [0, 0.1) is 0 Å². The topological polar surface area (TPSA) is 73.8 Å². The van der Waals surface area contributed by atoms with Crippen molar-refractivity contribution in [1.82, 2.24) is 34.6 Å². The van der Waals surface area contributed by atoms with Crippen LogP contribution in [-0.2, 0) is 6.54 Å². The molecule has 4 rings (SSSR count). The SMILES string of the molecule is CCn1cc(-c2nnc3sc(-c4cccnc4)nn23)cn1. The molecule has 0 fully saturated rings. The van der Waals surface area contributed by atoms with Gasteiger partial charge in [0.2, 0.25) is 4.96 Å². The van der Waals surface area contributed by atoms with Crippen LogP contribution in [0.15, 0.2) is 36.9 Å². The monoisotopic (exact) mass is 297 g/mol. The van der Waals surface area contributed by atoms with Gasteiger partial charge in [-0.3, -0.25) is 9.67 Å². The highest BCUT2D eigenvalue weighted by Crippen LogP contribution is 2.27. The van der Waals surface area contributed by atoms with Gasteiger partial charge in [-0.15, -0.1) is 10.2 Å². The summed E-state index contributed by atoms with van der Waals surface area (Å²) in [7, 11) is 0. The maximum Gasteiger partial charge on any atom is 0.235 e. The summed E-state index contributed by atoms with van der Waals surface area (Å²) in [5.74, 6) is 0.705. The number of rotatable bonds is 3. The molecular formula is C13H11N7S. The van der Waals surface area contributed by atoms with Gasteiger partial charge in [-0.1, -0.05) is 11.3 Å². The van der Waals surface area contributed by atoms with E-state index in [1.807, 2.05) is 29.9 Å². The van der Waals surface area contributed by atoms with E-state index in [0.717, 1.165) is 27.6 Å². The number of nitrogens with zero attached hydrogens (tertiary/aromatic N) is 7. The maximum absolute atomic E-state index is 4.59. The molecule has 4 heterocycles. The number of aromatic nitrogens is 7. The van der Waals surface area contributed by atoms with E-state index in [0.29, 0.717) is 5.82 Å². The highest BCUT2D eigenvalue weighted by atomic mass is 32.1. The predicted molar refractivity (Wildman–Crippen MR) is 78.8 cm³/mol. The lowest BCUT2D eigenvalue weighted by atomic mass is 10.3. The first-order valence-electron chi connectivity index (χ1n) is 6.50. The number of fused-ring (bicyclic) bond motifs is 1. The van der Waals surface area contributed by atoms with Crippen molar-refractivity contribution in [3.8, 4) is 22.0 Å². The first kappa shape index (κ1) is 12.2. The lowest BCUT2D eigenvalue weighted by molar-refractivity contribution is 0.660. The van der Waals surface area contributed by atoms with Gasteiger partial charge < -0.3 is 0 Å². The zero-order chi connectivity index (χ0) is 14.2. The van der Waals surface area contributed by atoms with E-state index in [1.54, 1.807) is 23.1 Å². The van der Waals surface area contributed by atoms with Crippen LogP contribution in [0.2, 0.25) is 0 Å². The predicted octanol–water partition coefficient (Wildman–Crippen LogP) is 2.13. The number of hydrogen-bond donors (Lipinski definition) is 0. The van der Waals surface area contributed by atoms with Gasteiger partial charge in [-0.25, -0.2) is 0 Å². The normalized spacial score (nSPS) is 11.3. The van der Waals surface area contributed by atoms with Crippen molar-refractivity contribution in [1.29, 1.82) is 0 Å². The van der Waals surface area contributed by atoms with Gasteiger partial charge in [0.05, 0.1) is 11.8 Å². The van der Waals surface area contributed by atoms with E-state index in [4.69, 9.17) is 0 Å². The van der Waals surface area contributed by atoms with Crippen LogP contribution in [0.1, 0.15) is 6.92 Å².